The fourth-order valence-corrected chi connectivity index (χ4v) is 4.08. The first kappa shape index (κ1) is 19.3. The third kappa shape index (κ3) is 4.18. The molecule has 0 amide bonds. The highest BCUT2D eigenvalue weighted by atomic mass is 19.4. The molecule has 6 heteroatoms. The molecule has 1 spiro atoms. The van der Waals surface area contributed by atoms with Crippen LogP contribution in [-0.4, -0.2) is 31.7 Å². The van der Waals surface area contributed by atoms with Gasteiger partial charge < -0.3 is 14.4 Å². The molecule has 0 atom stereocenters. The Morgan fingerprint density at radius 3 is 2.36 bits per heavy atom. The van der Waals surface area contributed by atoms with Crippen molar-refractivity contribution in [3.63, 3.8) is 0 Å². The zero-order chi connectivity index (χ0) is 19.8. The Morgan fingerprint density at radius 1 is 1.07 bits per heavy atom. The van der Waals surface area contributed by atoms with Crippen LogP contribution in [0, 0.1) is 0 Å². The summed E-state index contributed by atoms with van der Waals surface area (Å²) >= 11 is 0. The van der Waals surface area contributed by atoms with Crippen LogP contribution in [0.1, 0.15) is 31.7 Å². The minimum absolute atomic E-state index is 0.281. The van der Waals surface area contributed by atoms with E-state index in [0.717, 1.165) is 30.6 Å². The number of nitrogens with zero attached hydrogens (tertiary/aromatic N) is 1. The summed E-state index contributed by atoms with van der Waals surface area (Å²) in [5, 5.41) is 0. The van der Waals surface area contributed by atoms with Crippen molar-refractivity contribution in [2.24, 2.45) is 0 Å². The van der Waals surface area contributed by atoms with Crippen molar-refractivity contribution in [3.05, 3.63) is 64.9 Å². The Labute approximate surface area is 163 Å². The van der Waals surface area contributed by atoms with Crippen molar-refractivity contribution in [1.29, 1.82) is 0 Å². The van der Waals surface area contributed by atoms with Gasteiger partial charge in [-0.25, -0.2) is 0 Å². The highest BCUT2D eigenvalue weighted by Gasteiger charge is 2.38. The second-order valence-corrected chi connectivity index (χ2v) is 7.56. The Morgan fingerprint density at radius 2 is 1.79 bits per heavy atom. The van der Waals surface area contributed by atoms with Crippen LogP contribution in [0.5, 0.6) is 0 Å². The predicted molar refractivity (Wildman–Crippen MR) is 102 cm³/mol. The second kappa shape index (κ2) is 7.41. The number of rotatable bonds is 3. The molecule has 1 aliphatic carbocycles. The van der Waals surface area contributed by atoms with Gasteiger partial charge >= 0.3 is 6.18 Å². The monoisotopic (exact) mass is 391 g/mol. The first-order chi connectivity index (χ1) is 13.3. The number of allylic oxidation sites excluding steroid dienone is 4. The average molecular weight is 391 g/mol. The molecule has 0 bridgehead atoms. The number of hydrogen-bond donors (Lipinski definition) is 0. The van der Waals surface area contributed by atoms with Crippen LogP contribution < -0.4 is 4.90 Å². The van der Waals surface area contributed by atoms with Crippen LogP contribution in [0.3, 0.4) is 0 Å². The minimum Gasteiger partial charge on any atom is -0.347 e. The lowest BCUT2D eigenvalue weighted by atomic mass is 9.88. The molecule has 1 fully saturated rings. The number of alkyl halides is 3. The number of benzene rings is 1. The van der Waals surface area contributed by atoms with Crippen molar-refractivity contribution in [2.45, 2.75) is 44.6 Å². The van der Waals surface area contributed by atoms with E-state index in [4.69, 9.17) is 9.47 Å². The van der Waals surface area contributed by atoms with Crippen LogP contribution in [0.4, 0.5) is 18.9 Å². The van der Waals surface area contributed by atoms with E-state index in [1.54, 1.807) is 24.3 Å². The second-order valence-electron chi connectivity index (χ2n) is 7.56. The van der Waals surface area contributed by atoms with Gasteiger partial charge in [-0.2, -0.15) is 13.2 Å². The van der Waals surface area contributed by atoms with Gasteiger partial charge in [0, 0.05) is 30.8 Å². The number of hydrogen-bond acceptors (Lipinski definition) is 3. The average Bonchev–Trinajstić information content (AvgIpc) is 3.10. The van der Waals surface area contributed by atoms with E-state index in [9.17, 15) is 13.2 Å². The highest BCUT2D eigenvalue weighted by Crippen LogP contribution is 2.38. The van der Waals surface area contributed by atoms with E-state index in [1.807, 2.05) is 6.92 Å². The molecule has 0 unspecified atom stereocenters. The molecule has 0 aromatic heterocycles. The van der Waals surface area contributed by atoms with Gasteiger partial charge in [0.2, 0.25) is 0 Å². The summed E-state index contributed by atoms with van der Waals surface area (Å²) in [5.74, 6) is -0.415. The maximum Gasteiger partial charge on any atom is 0.393 e. The summed E-state index contributed by atoms with van der Waals surface area (Å²) in [4.78, 5) is 2.11. The molecular weight excluding hydrogens is 367 g/mol. The third-order valence-electron chi connectivity index (χ3n) is 5.56. The van der Waals surface area contributed by atoms with E-state index >= 15 is 0 Å². The van der Waals surface area contributed by atoms with Crippen molar-refractivity contribution in [1.82, 2.24) is 0 Å². The van der Waals surface area contributed by atoms with Gasteiger partial charge in [0.1, 0.15) is 0 Å². The standard InChI is InChI=1S/C22H24F3NO2/c1-16-14-19(18-6-9-21(10-7-18)27-12-13-28-21)8-11-26(16)20-4-2-17(3-5-20)15-22(23,24)25/h2-6,8,14H,7,9-13,15H2,1H3. The molecule has 1 saturated heterocycles. The SMILES string of the molecule is CC1=CC(C2=CCC3(CC2)OCCO3)=CCN1c1ccc(CC(F)(F)F)cc1. The van der Waals surface area contributed by atoms with Crippen molar-refractivity contribution < 1.29 is 22.6 Å². The number of ether oxygens (including phenoxy) is 2. The van der Waals surface area contributed by atoms with Gasteiger partial charge in [0.15, 0.2) is 5.79 Å². The molecule has 0 saturated carbocycles. The zero-order valence-electron chi connectivity index (χ0n) is 15.9. The van der Waals surface area contributed by atoms with Gasteiger partial charge in [-0.05, 0) is 48.3 Å². The van der Waals surface area contributed by atoms with Crippen molar-refractivity contribution in [3.8, 4) is 0 Å². The van der Waals surface area contributed by atoms with Gasteiger partial charge in [-0.1, -0.05) is 24.3 Å². The largest absolute Gasteiger partial charge is 0.393 e. The Kier molecular flexibility index (Phi) is 5.10. The first-order valence-electron chi connectivity index (χ1n) is 9.63. The maximum absolute atomic E-state index is 12.5. The molecule has 4 rings (SSSR count). The summed E-state index contributed by atoms with van der Waals surface area (Å²) in [6.45, 7) is 4.07. The van der Waals surface area contributed by atoms with Gasteiger partial charge in [-0.3, -0.25) is 0 Å². The molecule has 1 aromatic rings. The topological polar surface area (TPSA) is 21.7 Å². The molecule has 150 valence electrons. The maximum atomic E-state index is 12.5. The number of halogens is 3. The molecular formula is C22H24F3NO2. The van der Waals surface area contributed by atoms with Crippen LogP contribution in [0.2, 0.25) is 0 Å². The van der Waals surface area contributed by atoms with E-state index in [1.165, 1.54) is 11.1 Å². The Bertz CT molecular complexity index is 815. The van der Waals surface area contributed by atoms with Gasteiger partial charge in [0.05, 0.1) is 19.6 Å². The molecule has 0 N–H and O–H groups in total. The van der Waals surface area contributed by atoms with Crippen LogP contribution in [-0.2, 0) is 15.9 Å². The molecule has 3 aliphatic rings. The fourth-order valence-electron chi connectivity index (χ4n) is 4.08. The van der Waals surface area contributed by atoms with Crippen LogP contribution in [0.15, 0.2) is 59.3 Å². The minimum atomic E-state index is -4.18. The summed E-state index contributed by atoms with van der Waals surface area (Å²) in [7, 11) is 0. The van der Waals surface area contributed by atoms with Crippen LogP contribution >= 0.6 is 0 Å². The lowest BCUT2D eigenvalue weighted by molar-refractivity contribution is -0.161. The highest BCUT2D eigenvalue weighted by molar-refractivity contribution is 5.58. The van der Waals surface area contributed by atoms with E-state index < -0.39 is 18.4 Å². The van der Waals surface area contributed by atoms with E-state index in [0.29, 0.717) is 19.8 Å². The Balaban J connectivity index is 1.43. The van der Waals surface area contributed by atoms with Gasteiger partial charge in [0.25, 0.3) is 0 Å². The molecule has 28 heavy (non-hydrogen) atoms. The Hall–Kier alpha value is -2.05. The normalized spacial score (nSPS) is 22.1. The lowest BCUT2D eigenvalue weighted by Crippen LogP contribution is -2.32. The zero-order valence-corrected chi connectivity index (χ0v) is 15.9. The summed E-state index contributed by atoms with van der Waals surface area (Å²) in [6.07, 6.45) is 4.03. The number of anilines is 1. The van der Waals surface area contributed by atoms with Crippen molar-refractivity contribution >= 4 is 5.69 Å². The predicted octanol–water partition coefficient (Wildman–Crippen LogP) is 5.30. The molecule has 2 aliphatic heterocycles. The van der Waals surface area contributed by atoms with Crippen LogP contribution in [0.25, 0.3) is 0 Å². The summed E-state index contributed by atoms with van der Waals surface area (Å²) < 4.78 is 49.1. The molecule has 3 nitrogen and oxygen atoms in total. The molecule has 1 aromatic carbocycles. The first-order valence-corrected chi connectivity index (χ1v) is 9.63. The summed E-state index contributed by atoms with van der Waals surface area (Å²) in [5.41, 5.74) is 4.79. The summed E-state index contributed by atoms with van der Waals surface area (Å²) in [6, 6.07) is 6.63. The smallest absolute Gasteiger partial charge is 0.347 e. The molecule has 2 heterocycles. The van der Waals surface area contributed by atoms with Gasteiger partial charge in [-0.15, -0.1) is 0 Å². The van der Waals surface area contributed by atoms with Crippen molar-refractivity contribution in [2.75, 3.05) is 24.7 Å². The molecule has 0 radical (unpaired) electrons. The fraction of sp³-hybridized carbons (Fsp3) is 0.455. The third-order valence-corrected chi connectivity index (χ3v) is 5.56. The lowest BCUT2D eigenvalue weighted by Gasteiger charge is -2.33. The van der Waals surface area contributed by atoms with E-state index in [2.05, 4.69) is 23.1 Å². The van der Waals surface area contributed by atoms with E-state index in [-0.39, 0.29) is 5.56 Å². The quantitative estimate of drug-likeness (QED) is 0.698.